The van der Waals surface area contributed by atoms with Crippen molar-refractivity contribution < 1.29 is 13.9 Å². The summed E-state index contributed by atoms with van der Waals surface area (Å²) < 4.78 is 10.6. The van der Waals surface area contributed by atoms with Crippen molar-refractivity contribution in [3.63, 3.8) is 0 Å². The van der Waals surface area contributed by atoms with Gasteiger partial charge in [0.05, 0.1) is 0 Å². The molecule has 2 rings (SSSR count). The van der Waals surface area contributed by atoms with Crippen molar-refractivity contribution in [3.8, 4) is 5.75 Å². The van der Waals surface area contributed by atoms with Crippen LogP contribution in [0.3, 0.4) is 0 Å². The number of hydrogen-bond acceptors (Lipinski definition) is 4. The second-order valence-electron chi connectivity index (χ2n) is 8.37. The van der Waals surface area contributed by atoms with E-state index in [4.69, 9.17) is 9.15 Å². The zero-order valence-corrected chi connectivity index (χ0v) is 18.8. The molecule has 0 unspecified atom stereocenters. The van der Waals surface area contributed by atoms with Gasteiger partial charge in [-0.15, -0.1) is 0 Å². The first kappa shape index (κ1) is 24.2. The van der Waals surface area contributed by atoms with Crippen LogP contribution in [-0.2, 0) is 4.79 Å². The second kappa shape index (κ2) is 14.0. The zero-order valence-electron chi connectivity index (χ0n) is 18.8. The first-order chi connectivity index (χ1) is 14.6. The van der Waals surface area contributed by atoms with E-state index in [2.05, 4.69) is 6.92 Å². The summed E-state index contributed by atoms with van der Waals surface area (Å²) in [4.78, 5) is 23.5. The fraction of sp³-hybridized carbons (Fsp3) is 0.615. The molecular weight excluding hydrogens is 376 g/mol. The molecule has 2 aromatic rings. The largest absolute Gasteiger partial charge is 0.427 e. The third-order valence-corrected chi connectivity index (χ3v) is 5.64. The highest BCUT2D eigenvalue weighted by atomic mass is 16.5. The van der Waals surface area contributed by atoms with Crippen molar-refractivity contribution in [2.45, 2.75) is 104 Å². The molecule has 0 atom stereocenters. The molecule has 1 aromatic heterocycles. The number of benzene rings is 1. The molecule has 4 nitrogen and oxygen atoms in total. The van der Waals surface area contributed by atoms with Gasteiger partial charge in [0.1, 0.15) is 11.3 Å². The van der Waals surface area contributed by atoms with E-state index in [-0.39, 0.29) is 11.6 Å². The molecule has 1 heterocycles. The molecule has 0 saturated carbocycles. The maximum absolute atomic E-state index is 12.1. The molecule has 0 amide bonds. The van der Waals surface area contributed by atoms with Crippen molar-refractivity contribution in [1.82, 2.24) is 0 Å². The summed E-state index contributed by atoms with van der Waals surface area (Å²) in [6.45, 7) is 4.11. The number of rotatable bonds is 15. The Bertz CT molecular complexity index is 821. The van der Waals surface area contributed by atoms with Crippen LogP contribution in [-0.4, -0.2) is 5.97 Å². The minimum Gasteiger partial charge on any atom is -0.427 e. The van der Waals surface area contributed by atoms with Crippen LogP contribution in [0.15, 0.2) is 33.5 Å². The molecule has 0 aliphatic carbocycles. The van der Waals surface area contributed by atoms with Gasteiger partial charge in [-0.1, -0.05) is 84.0 Å². The van der Waals surface area contributed by atoms with Gasteiger partial charge in [-0.2, -0.15) is 0 Å². The number of carbonyl (C=O) groups excluding carboxylic acids is 1. The van der Waals surface area contributed by atoms with Crippen LogP contribution < -0.4 is 10.4 Å². The Hall–Kier alpha value is -2.10. The van der Waals surface area contributed by atoms with Gasteiger partial charge < -0.3 is 9.15 Å². The van der Waals surface area contributed by atoms with E-state index in [0.29, 0.717) is 17.8 Å². The summed E-state index contributed by atoms with van der Waals surface area (Å²) in [7, 11) is 0. The summed E-state index contributed by atoms with van der Waals surface area (Å²) in [5.41, 5.74) is 0.957. The highest BCUT2D eigenvalue weighted by Gasteiger charge is 2.08. The number of carbonyl (C=O) groups is 1. The molecule has 0 N–H and O–H groups in total. The third kappa shape index (κ3) is 9.15. The molecule has 1 aromatic carbocycles. The van der Waals surface area contributed by atoms with E-state index in [9.17, 15) is 9.59 Å². The quantitative estimate of drug-likeness (QED) is 0.131. The Morgan fingerprint density at radius 1 is 0.833 bits per heavy atom. The van der Waals surface area contributed by atoms with Crippen LogP contribution in [0.25, 0.3) is 11.0 Å². The van der Waals surface area contributed by atoms with Crippen molar-refractivity contribution in [2.24, 2.45) is 0 Å². The lowest BCUT2D eigenvalue weighted by atomic mass is 10.0. The standard InChI is InChI=1S/C26H38O4/c1-3-4-5-6-7-8-9-10-11-12-13-14-15-16-25(27)29-22-17-18-24-23(20-22)21(2)19-26(28)30-24/h17-20H,3-16H2,1-2H3. The number of hydrogen-bond donors (Lipinski definition) is 0. The maximum Gasteiger partial charge on any atom is 0.336 e. The summed E-state index contributed by atoms with van der Waals surface area (Å²) in [6, 6.07) is 6.56. The Morgan fingerprint density at radius 3 is 2.00 bits per heavy atom. The van der Waals surface area contributed by atoms with Crippen molar-refractivity contribution in [1.29, 1.82) is 0 Å². The Labute approximate surface area is 181 Å². The van der Waals surface area contributed by atoms with E-state index in [1.807, 2.05) is 6.92 Å². The summed E-state index contributed by atoms with van der Waals surface area (Å²) in [5, 5.41) is 0.792. The first-order valence-corrected chi connectivity index (χ1v) is 11.9. The lowest BCUT2D eigenvalue weighted by Gasteiger charge is -2.07. The SMILES string of the molecule is CCCCCCCCCCCCCCCC(=O)Oc1ccc2oc(=O)cc(C)c2c1. The van der Waals surface area contributed by atoms with Gasteiger partial charge in [-0.3, -0.25) is 4.79 Å². The fourth-order valence-corrected chi connectivity index (χ4v) is 3.83. The average molecular weight is 415 g/mol. The number of fused-ring (bicyclic) bond motifs is 1. The lowest BCUT2D eigenvalue weighted by molar-refractivity contribution is -0.134. The smallest absolute Gasteiger partial charge is 0.336 e. The Balaban J connectivity index is 1.53. The van der Waals surface area contributed by atoms with Gasteiger partial charge in [0.15, 0.2) is 0 Å². The summed E-state index contributed by atoms with van der Waals surface area (Å²) in [6.07, 6.45) is 17.2. The van der Waals surface area contributed by atoms with Crippen molar-refractivity contribution in [2.75, 3.05) is 0 Å². The van der Waals surface area contributed by atoms with Crippen LogP contribution in [0, 0.1) is 6.92 Å². The van der Waals surface area contributed by atoms with Crippen LogP contribution in [0.2, 0.25) is 0 Å². The van der Waals surface area contributed by atoms with Gasteiger partial charge >= 0.3 is 11.6 Å². The second-order valence-corrected chi connectivity index (χ2v) is 8.37. The first-order valence-electron chi connectivity index (χ1n) is 11.9. The van der Waals surface area contributed by atoms with Crippen LogP contribution in [0.5, 0.6) is 5.75 Å². The number of ether oxygens (including phenoxy) is 1. The van der Waals surface area contributed by atoms with Crippen LogP contribution in [0.1, 0.15) is 102 Å². The highest BCUT2D eigenvalue weighted by molar-refractivity contribution is 5.82. The minimum absolute atomic E-state index is 0.201. The molecule has 0 aliphatic heterocycles. The lowest BCUT2D eigenvalue weighted by Crippen LogP contribution is -2.07. The zero-order chi connectivity index (χ0) is 21.6. The third-order valence-electron chi connectivity index (χ3n) is 5.64. The molecule has 0 radical (unpaired) electrons. The fourth-order valence-electron chi connectivity index (χ4n) is 3.83. The molecule has 0 spiro atoms. The minimum atomic E-state index is -0.368. The molecular formula is C26H38O4. The Morgan fingerprint density at radius 2 is 1.40 bits per heavy atom. The van der Waals surface area contributed by atoms with E-state index in [1.165, 1.54) is 76.7 Å². The average Bonchev–Trinajstić information content (AvgIpc) is 2.72. The molecule has 0 aliphatic rings. The maximum atomic E-state index is 12.1. The molecule has 0 saturated heterocycles. The van der Waals surface area contributed by atoms with E-state index in [0.717, 1.165) is 23.8 Å². The monoisotopic (exact) mass is 414 g/mol. The Kier molecular flexibility index (Phi) is 11.3. The molecule has 0 bridgehead atoms. The predicted octanol–water partition coefficient (Wildman–Crippen LogP) is 7.49. The van der Waals surface area contributed by atoms with Crippen LogP contribution in [0.4, 0.5) is 0 Å². The van der Waals surface area contributed by atoms with Gasteiger partial charge in [0, 0.05) is 17.9 Å². The van der Waals surface area contributed by atoms with Gasteiger partial charge in [-0.05, 0) is 37.1 Å². The normalized spacial score (nSPS) is 11.1. The molecule has 30 heavy (non-hydrogen) atoms. The number of esters is 1. The van der Waals surface area contributed by atoms with Crippen molar-refractivity contribution in [3.05, 3.63) is 40.2 Å². The number of aryl methyl sites for hydroxylation is 1. The van der Waals surface area contributed by atoms with Gasteiger partial charge in [0.2, 0.25) is 0 Å². The molecule has 4 heteroatoms. The van der Waals surface area contributed by atoms with Crippen molar-refractivity contribution >= 4 is 16.9 Å². The van der Waals surface area contributed by atoms with Crippen LogP contribution >= 0.6 is 0 Å². The van der Waals surface area contributed by atoms with Gasteiger partial charge in [0.25, 0.3) is 0 Å². The number of unbranched alkanes of at least 4 members (excludes halogenated alkanes) is 12. The predicted molar refractivity (Wildman–Crippen MR) is 123 cm³/mol. The molecule has 166 valence electrons. The van der Waals surface area contributed by atoms with E-state index in [1.54, 1.807) is 18.2 Å². The van der Waals surface area contributed by atoms with Gasteiger partial charge in [-0.25, -0.2) is 4.79 Å². The topological polar surface area (TPSA) is 56.5 Å². The van der Waals surface area contributed by atoms with E-state index < -0.39 is 0 Å². The summed E-state index contributed by atoms with van der Waals surface area (Å²) in [5.74, 6) is 0.298. The van der Waals surface area contributed by atoms with E-state index >= 15 is 0 Å². The summed E-state index contributed by atoms with van der Waals surface area (Å²) >= 11 is 0. The highest BCUT2D eigenvalue weighted by Crippen LogP contribution is 2.23. The molecule has 0 fully saturated rings.